The van der Waals surface area contributed by atoms with Gasteiger partial charge in [-0.3, -0.25) is 0 Å². The molecule has 5 nitrogen and oxygen atoms in total. The summed E-state index contributed by atoms with van der Waals surface area (Å²) in [5, 5.41) is 12.1. The number of ether oxygens (including phenoxy) is 1. The summed E-state index contributed by atoms with van der Waals surface area (Å²) < 4.78 is 5.46. The zero-order chi connectivity index (χ0) is 20.1. The summed E-state index contributed by atoms with van der Waals surface area (Å²) in [4.78, 5) is 24.0. The Labute approximate surface area is 165 Å². The summed E-state index contributed by atoms with van der Waals surface area (Å²) >= 11 is 0. The van der Waals surface area contributed by atoms with Gasteiger partial charge in [0.15, 0.2) is 0 Å². The first kappa shape index (κ1) is 19.7. The van der Waals surface area contributed by atoms with Gasteiger partial charge in [-0.2, -0.15) is 0 Å². The normalized spacial score (nSPS) is 14.5. The summed E-state index contributed by atoms with van der Waals surface area (Å²) in [7, 11) is 0. The Hall–Kier alpha value is -3.08. The molecule has 0 fully saturated rings. The highest BCUT2D eigenvalue weighted by atomic mass is 16.5. The molecule has 1 aliphatic rings. The fourth-order valence-electron chi connectivity index (χ4n) is 3.68. The third-order valence-electron chi connectivity index (χ3n) is 5.28. The lowest BCUT2D eigenvalue weighted by Gasteiger charge is -2.26. The molecule has 0 bridgehead atoms. The van der Waals surface area contributed by atoms with Gasteiger partial charge in [-0.05, 0) is 48.4 Å². The topological polar surface area (TPSA) is 75.6 Å². The van der Waals surface area contributed by atoms with Crippen molar-refractivity contribution in [2.45, 2.75) is 37.6 Å². The van der Waals surface area contributed by atoms with Crippen LogP contribution in [0.4, 0.5) is 4.79 Å². The van der Waals surface area contributed by atoms with Crippen molar-refractivity contribution in [2.75, 3.05) is 6.61 Å². The van der Waals surface area contributed by atoms with Gasteiger partial charge in [0.1, 0.15) is 12.1 Å². The van der Waals surface area contributed by atoms with Gasteiger partial charge in [0.2, 0.25) is 0 Å². The van der Waals surface area contributed by atoms with Crippen molar-refractivity contribution < 1.29 is 19.4 Å². The minimum Gasteiger partial charge on any atom is -0.480 e. The number of nitrogens with one attached hydrogen (secondary N) is 1. The maximum absolute atomic E-state index is 12.4. The number of allylic oxidation sites excluding steroid dienone is 1. The first-order valence-electron chi connectivity index (χ1n) is 9.44. The van der Waals surface area contributed by atoms with Crippen molar-refractivity contribution in [2.24, 2.45) is 0 Å². The van der Waals surface area contributed by atoms with Crippen molar-refractivity contribution in [3.05, 3.63) is 72.3 Å². The second-order valence-corrected chi connectivity index (χ2v) is 7.27. The lowest BCUT2D eigenvalue weighted by Crippen LogP contribution is -2.52. The Bertz CT molecular complexity index is 846. The molecule has 1 amide bonds. The van der Waals surface area contributed by atoms with Gasteiger partial charge in [0, 0.05) is 5.92 Å². The van der Waals surface area contributed by atoms with Crippen LogP contribution in [0.1, 0.15) is 43.2 Å². The molecule has 0 aliphatic heterocycles. The number of carbonyl (C=O) groups excluding carboxylic acids is 1. The zero-order valence-corrected chi connectivity index (χ0v) is 16.0. The van der Waals surface area contributed by atoms with Crippen molar-refractivity contribution in [3.63, 3.8) is 0 Å². The molecule has 0 aromatic heterocycles. The molecule has 1 atom stereocenters. The van der Waals surface area contributed by atoms with Gasteiger partial charge in [-0.25, -0.2) is 9.59 Å². The average Bonchev–Trinajstić information content (AvgIpc) is 3.00. The van der Waals surface area contributed by atoms with E-state index in [0.29, 0.717) is 19.3 Å². The highest BCUT2D eigenvalue weighted by Crippen LogP contribution is 2.44. The van der Waals surface area contributed by atoms with E-state index in [1.54, 1.807) is 6.08 Å². The van der Waals surface area contributed by atoms with Gasteiger partial charge in [0.05, 0.1) is 0 Å². The number of hydrogen-bond acceptors (Lipinski definition) is 3. The zero-order valence-electron chi connectivity index (χ0n) is 16.0. The Balaban J connectivity index is 1.69. The number of carboxylic acid groups (broad SMARTS) is 1. The predicted octanol–water partition coefficient (Wildman–Crippen LogP) is 4.72. The molecule has 0 spiro atoms. The molecule has 5 heteroatoms. The summed E-state index contributed by atoms with van der Waals surface area (Å²) in [5.41, 5.74) is 3.15. The molecule has 2 aromatic carbocycles. The molecule has 2 N–H and O–H groups in total. The number of alkyl carbamates (subject to hydrolysis) is 1. The monoisotopic (exact) mass is 379 g/mol. The molecule has 0 saturated heterocycles. The predicted molar refractivity (Wildman–Crippen MR) is 108 cm³/mol. The van der Waals surface area contributed by atoms with Crippen LogP contribution >= 0.6 is 0 Å². The van der Waals surface area contributed by atoms with Crippen LogP contribution < -0.4 is 5.32 Å². The van der Waals surface area contributed by atoms with Crippen LogP contribution in [0, 0.1) is 0 Å². The molecule has 1 aliphatic carbocycles. The number of benzene rings is 2. The highest BCUT2D eigenvalue weighted by Gasteiger charge is 2.35. The van der Waals surface area contributed by atoms with Gasteiger partial charge in [-0.1, -0.05) is 54.6 Å². The van der Waals surface area contributed by atoms with Crippen LogP contribution in [0.5, 0.6) is 0 Å². The maximum Gasteiger partial charge on any atom is 0.408 e. The summed E-state index contributed by atoms with van der Waals surface area (Å²) in [6.45, 7) is 5.29. The Kier molecular flexibility index (Phi) is 5.83. The molecular formula is C23H25NO4. The molecule has 0 radical (unpaired) electrons. The molecule has 2 aromatic rings. The maximum atomic E-state index is 12.4. The van der Waals surface area contributed by atoms with Crippen LogP contribution in [0.2, 0.25) is 0 Å². The lowest BCUT2D eigenvalue weighted by atomic mass is 9.95. The standard InChI is InChI=1S/C23H25NO4/c1-3-4-9-14-23(2,21(25)26)24-22(27)28-15-20-18-12-7-5-10-16(18)17-11-6-8-13-19(17)20/h3,5-8,10-13,20H,1,4,9,14-15H2,2H3,(H,24,27)(H,25,26)/t23-/m1/s1. The minimum atomic E-state index is -1.37. The van der Waals surface area contributed by atoms with Crippen molar-refractivity contribution in [1.82, 2.24) is 5.32 Å². The molecule has 146 valence electrons. The van der Waals surface area contributed by atoms with E-state index in [4.69, 9.17) is 4.74 Å². The van der Waals surface area contributed by atoms with E-state index in [0.717, 1.165) is 22.3 Å². The van der Waals surface area contributed by atoms with Gasteiger partial charge in [0.25, 0.3) is 0 Å². The van der Waals surface area contributed by atoms with E-state index in [-0.39, 0.29) is 12.5 Å². The molecular weight excluding hydrogens is 354 g/mol. The smallest absolute Gasteiger partial charge is 0.408 e. The van der Waals surface area contributed by atoms with E-state index in [9.17, 15) is 14.7 Å². The molecule has 0 saturated carbocycles. The van der Waals surface area contributed by atoms with E-state index in [1.165, 1.54) is 6.92 Å². The van der Waals surface area contributed by atoms with Gasteiger partial charge in [-0.15, -0.1) is 6.58 Å². The number of unbranched alkanes of at least 4 members (excludes halogenated alkanes) is 1. The van der Waals surface area contributed by atoms with Crippen LogP contribution in [-0.2, 0) is 9.53 Å². The lowest BCUT2D eigenvalue weighted by molar-refractivity contribution is -0.144. The van der Waals surface area contributed by atoms with E-state index < -0.39 is 17.6 Å². The van der Waals surface area contributed by atoms with Gasteiger partial charge >= 0.3 is 12.1 Å². The number of carboxylic acids is 1. The molecule has 0 unspecified atom stereocenters. The SMILES string of the molecule is C=CCCC[C@@](C)(NC(=O)OCC1c2ccccc2-c2ccccc21)C(=O)O. The third kappa shape index (κ3) is 3.93. The van der Waals surface area contributed by atoms with Crippen LogP contribution in [0.3, 0.4) is 0 Å². The van der Waals surface area contributed by atoms with Crippen LogP contribution in [-0.4, -0.2) is 29.3 Å². The number of fused-ring (bicyclic) bond motifs is 3. The fourth-order valence-corrected chi connectivity index (χ4v) is 3.68. The summed E-state index contributed by atoms with van der Waals surface area (Å²) in [6.07, 6.45) is 2.63. The molecule has 28 heavy (non-hydrogen) atoms. The molecule has 3 rings (SSSR count). The van der Waals surface area contributed by atoms with Crippen molar-refractivity contribution in [3.8, 4) is 11.1 Å². The Morgan fingerprint density at radius 1 is 1.14 bits per heavy atom. The average molecular weight is 379 g/mol. The van der Waals surface area contributed by atoms with E-state index in [2.05, 4.69) is 24.0 Å². The first-order valence-corrected chi connectivity index (χ1v) is 9.44. The van der Waals surface area contributed by atoms with Crippen LogP contribution in [0.15, 0.2) is 61.2 Å². The number of carbonyl (C=O) groups is 2. The molecule has 0 heterocycles. The Morgan fingerprint density at radius 2 is 1.71 bits per heavy atom. The van der Waals surface area contributed by atoms with E-state index >= 15 is 0 Å². The highest BCUT2D eigenvalue weighted by molar-refractivity contribution is 5.84. The number of rotatable bonds is 8. The van der Waals surface area contributed by atoms with Crippen molar-refractivity contribution in [1.29, 1.82) is 0 Å². The second kappa shape index (κ2) is 8.30. The number of aliphatic carboxylic acids is 1. The third-order valence-corrected chi connectivity index (χ3v) is 5.28. The Morgan fingerprint density at radius 3 is 2.25 bits per heavy atom. The van der Waals surface area contributed by atoms with Crippen molar-refractivity contribution >= 4 is 12.1 Å². The number of amides is 1. The fraction of sp³-hybridized carbons (Fsp3) is 0.304. The largest absolute Gasteiger partial charge is 0.480 e. The van der Waals surface area contributed by atoms with Gasteiger partial charge < -0.3 is 15.2 Å². The second-order valence-electron chi connectivity index (χ2n) is 7.27. The van der Waals surface area contributed by atoms with Crippen LogP contribution in [0.25, 0.3) is 11.1 Å². The van der Waals surface area contributed by atoms with E-state index in [1.807, 2.05) is 36.4 Å². The number of hydrogen-bond donors (Lipinski definition) is 2. The summed E-state index contributed by atoms with van der Waals surface area (Å²) in [5.74, 6) is -1.14. The first-order chi connectivity index (χ1) is 13.5. The quantitative estimate of drug-likeness (QED) is 0.514. The minimum absolute atomic E-state index is 0.0602. The summed E-state index contributed by atoms with van der Waals surface area (Å²) in [6, 6.07) is 16.1.